The van der Waals surface area contributed by atoms with Gasteiger partial charge in [-0.2, -0.15) is 5.26 Å². The predicted molar refractivity (Wildman–Crippen MR) is 88.0 cm³/mol. The topological polar surface area (TPSA) is 118 Å². The average molecular weight is 359 g/mol. The van der Waals surface area contributed by atoms with Crippen LogP contribution >= 0.6 is 0 Å². The maximum atomic E-state index is 12.3. The van der Waals surface area contributed by atoms with Gasteiger partial charge in [0.1, 0.15) is 17.1 Å². The molecule has 2 heterocycles. The zero-order valence-corrected chi connectivity index (χ0v) is 14.2. The Morgan fingerprint density at radius 3 is 2.60 bits per heavy atom. The largest absolute Gasteiger partial charge is 0.472 e. The van der Waals surface area contributed by atoms with Crippen molar-refractivity contribution in [3.63, 3.8) is 0 Å². The second kappa shape index (κ2) is 7.55. The van der Waals surface area contributed by atoms with E-state index in [1.165, 1.54) is 30.9 Å². The first-order valence-electron chi connectivity index (χ1n) is 7.88. The van der Waals surface area contributed by atoms with Gasteiger partial charge in [-0.3, -0.25) is 4.98 Å². The van der Waals surface area contributed by atoms with Crippen molar-refractivity contribution in [2.24, 2.45) is 0 Å². The van der Waals surface area contributed by atoms with Crippen LogP contribution < -0.4 is 9.46 Å². The predicted octanol–water partition coefficient (Wildman–Crippen LogP) is 1.41. The summed E-state index contributed by atoms with van der Waals surface area (Å²) in [6.45, 7) is 0. The Morgan fingerprint density at radius 1 is 1.16 bits per heavy atom. The van der Waals surface area contributed by atoms with Gasteiger partial charge in [-0.25, -0.2) is 23.1 Å². The van der Waals surface area contributed by atoms with Gasteiger partial charge in [0.25, 0.3) is 5.88 Å². The van der Waals surface area contributed by atoms with Crippen molar-refractivity contribution in [2.45, 2.75) is 42.7 Å². The van der Waals surface area contributed by atoms with E-state index in [4.69, 9.17) is 10.00 Å². The molecule has 0 radical (unpaired) electrons. The Morgan fingerprint density at radius 2 is 1.92 bits per heavy atom. The highest BCUT2D eigenvalue weighted by Gasteiger charge is 2.27. The van der Waals surface area contributed by atoms with E-state index in [1.54, 1.807) is 6.07 Å². The number of ether oxygens (including phenoxy) is 1. The van der Waals surface area contributed by atoms with Crippen molar-refractivity contribution >= 4 is 10.0 Å². The molecule has 0 spiro atoms. The van der Waals surface area contributed by atoms with Gasteiger partial charge in [0.05, 0.1) is 0 Å². The van der Waals surface area contributed by atoms with Crippen LogP contribution in [0.4, 0.5) is 0 Å². The van der Waals surface area contributed by atoms with Gasteiger partial charge in [-0.1, -0.05) is 0 Å². The Bertz CT molecular complexity index is 859. The fraction of sp³-hybridized carbons (Fsp3) is 0.375. The number of nitrogens with one attached hydrogen (secondary N) is 1. The smallest absolute Gasteiger partial charge is 0.251 e. The Hall–Kier alpha value is -2.57. The summed E-state index contributed by atoms with van der Waals surface area (Å²) >= 11 is 0. The highest BCUT2D eigenvalue weighted by atomic mass is 32.2. The first kappa shape index (κ1) is 17.3. The second-order valence-electron chi connectivity index (χ2n) is 5.72. The van der Waals surface area contributed by atoms with E-state index in [0.29, 0.717) is 25.7 Å². The molecule has 1 saturated carbocycles. The molecule has 9 heteroatoms. The lowest BCUT2D eigenvalue weighted by molar-refractivity contribution is 0.137. The SMILES string of the molecule is N#Cc1nccnc1OC1CCC(NS(=O)(=O)c2cccnc2)CC1. The zero-order chi connectivity index (χ0) is 17.7. The van der Waals surface area contributed by atoms with E-state index in [9.17, 15) is 8.42 Å². The molecule has 0 amide bonds. The Labute approximate surface area is 146 Å². The molecule has 1 aliphatic rings. The number of sulfonamides is 1. The van der Waals surface area contributed by atoms with Crippen molar-refractivity contribution in [3.05, 3.63) is 42.6 Å². The number of pyridine rings is 1. The van der Waals surface area contributed by atoms with Gasteiger partial charge in [-0.05, 0) is 37.8 Å². The van der Waals surface area contributed by atoms with Crippen LogP contribution in [-0.4, -0.2) is 35.5 Å². The van der Waals surface area contributed by atoms with Crippen LogP contribution in [0.1, 0.15) is 31.4 Å². The molecule has 2 aromatic heterocycles. The minimum atomic E-state index is -3.57. The molecule has 1 fully saturated rings. The van der Waals surface area contributed by atoms with Gasteiger partial charge < -0.3 is 4.74 Å². The number of aromatic nitrogens is 3. The van der Waals surface area contributed by atoms with Crippen LogP contribution in [0.5, 0.6) is 5.88 Å². The molecule has 2 aromatic rings. The molecule has 25 heavy (non-hydrogen) atoms. The third-order valence-corrected chi connectivity index (χ3v) is 5.50. The molecule has 1 N–H and O–H groups in total. The van der Waals surface area contributed by atoms with Crippen molar-refractivity contribution < 1.29 is 13.2 Å². The number of nitriles is 1. The maximum absolute atomic E-state index is 12.3. The Balaban J connectivity index is 1.57. The van der Waals surface area contributed by atoms with Crippen LogP contribution in [0.2, 0.25) is 0 Å². The van der Waals surface area contributed by atoms with E-state index in [0.717, 1.165) is 0 Å². The molecular formula is C16H17N5O3S. The van der Waals surface area contributed by atoms with Crippen molar-refractivity contribution in [1.29, 1.82) is 5.26 Å². The summed E-state index contributed by atoms with van der Waals surface area (Å²) < 4.78 is 33.1. The monoisotopic (exact) mass is 359 g/mol. The van der Waals surface area contributed by atoms with Gasteiger partial charge >= 0.3 is 0 Å². The molecule has 8 nitrogen and oxygen atoms in total. The molecule has 1 aliphatic carbocycles. The summed E-state index contributed by atoms with van der Waals surface area (Å²) in [4.78, 5) is 11.9. The van der Waals surface area contributed by atoms with Crippen LogP contribution in [0, 0.1) is 11.3 Å². The summed E-state index contributed by atoms with van der Waals surface area (Å²) in [7, 11) is -3.57. The fourth-order valence-corrected chi connectivity index (χ4v) is 4.01. The summed E-state index contributed by atoms with van der Waals surface area (Å²) in [6, 6.07) is 4.90. The van der Waals surface area contributed by atoms with E-state index >= 15 is 0 Å². The van der Waals surface area contributed by atoms with Crippen LogP contribution in [0.3, 0.4) is 0 Å². The lowest BCUT2D eigenvalue weighted by atomic mass is 9.94. The third kappa shape index (κ3) is 4.29. The quantitative estimate of drug-likeness (QED) is 0.857. The summed E-state index contributed by atoms with van der Waals surface area (Å²) in [5.41, 5.74) is 0.155. The van der Waals surface area contributed by atoms with E-state index < -0.39 is 10.0 Å². The van der Waals surface area contributed by atoms with E-state index in [-0.39, 0.29) is 28.6 Å². The summed E-state index contributed by atoms with van der Waals surface area (Å²) in [5.74, 6) is 0.226. The first-order valence-corrected chi connectivity index (χ1v) is 9.37. The number of hydrogen-bond acceptors (Lipinski definition) is 7. The molecule has 0 aliphatic heterocycles. The average Bonchev–Trinajstić information content (AvgIpc) is 2.64. The van der Waals surface area contributed by atoms with Crippen LogP contribution in [0.15, 0.2) is 41.8 Å². The Kier molecular flexibility index (Phi) is 5.21. The molecule has 0 unspecified atom stereocenters. The van der Waals surface area contributed by atoms with Crippen molar-refractivity contribution in [2.75, 3.05) is 0 Å². The van der Waals surface area contributed by atoms with Crippen molar-refractivity contribution in [1.82, 2.24) is 19.7 Å². The molecule has 0 bridgehead atoms. The van der Waals surface area contributed by atoms with Crippen LogP contribution in [-0.2, 0) is 10.0 Å². The van der Waals surface area contributed by atoms with Gasteiger partial charge in [0, 0.05) is 30.8 Å². The van der Waals surface area contributed by atoms with Gasteiger partial charge in [0.2, 0.25) is 15.7 Å². The highest BCUT2D eigenvalue weighted by Crippen LogP contribution is 2.25. The minimum Gasteiger partial charge on any atom is -0.472 e. The van der Waals surface area contributed by atoms with Gasteiger partial charge in [-0.15, -0.1) is 0 Å². The third-order valence-electron chi connectivity index (χ3n) is 3.99. The molecule has 130 valence electrons. The van der Waals surface area contributed by atoms with E-state index in [1.807, 2.05) is 6.07 Å². The minimum absolute atomic E-state index is 0.108. The lowest BCUT2D eigenvalue weighted by Crippen LogP contribution is -2.39. The molecular weight excluding hydrogens is 342 g/mol. The summed E-state index contributed by atoms with van der Waals surface area (Å²) in [6.07, 6.45) is 8.29. The van der Waals surface area contributed by atoms with E-state index in [2.05, 4.69) is 19.7 Å². The number of rotatable bonds is 5. The van der Waals surface area contributed by atoms with Gasteiger partial charge in [0.15, 0.2) is 0 Å². The number of hydrogen-bond donors (Lipinski definition) is 1. The summed E-state index contributed by atoms with van der Waals surface area (Å²) in [5, 5.41) is 9.01. The highest BCUT2D eigenvalue weighted by molar-refractivity contribution is 7.89. The molecule has 0 aromatic carbocycles. The first-order chi connectivity index (χ1) is 12.1. The van der Waals surface area contributed by atoms with Crippen LogP contribution in [0.25, 0.3) is 0 Å². The second-order valence-corrected chi connectivity index (χ2v) is 7.44. The molecule has 0 atom stereocenters. The maximum Gasteiger partial charge on any atom is 0.251 e. The normalized spacial score (nSPS) is 20.6. The zero-order valence-electron chi connectivity index (χ0n) is 13.4. The molecule has 0 saturated heterocycles. The molecule has 3 rings (SSSR count). The fourth-order valence-electron chi connectivity index (χ4n) is 2.74. The van der Waals surface area contributed by atoms with Crippen molar-refractivity contribution in [3.8, 4) is 11.9 Å². The number of nitrogens with zero attached hydrogens (tertiary/aromatic N) is 4. The lowest BCUT2D eigenvalue weighted by Gasteiger charge is -2.29. The standard InChI is InChI=1S/C16H17N5O3S/c17-10-15-16(20-9-8-19-15)24-13-5-3-12(4-6-13)21-25(22,23)14-2-1-7-18-11-14/h1-2,7-9,11-13,21H,3-6H2.